The average molecular weight is 326 g/mol. The van der Waals surface area contributed by atoms with Crippen LogP contribution in [0.1, 0.15) is 19.4 Å². The van der Waals surface area contributed by atoms with E-state index in [-0.39, 0.29) is 0 Å². The van der Waals surface area contributed by atoms with Gasteiger partial charge in [-0.15, -0.1) is 0 Å². The molecule has 0 bridgehead atoms. The molecular formula is C20H26N2O2. The number of benzene rings is 2. The van der Waals surface area contributed by atoms with Crippen LogP contribution >= 0.6 is 0 Å². The van der Waals surface area contributed by atoms with Crippen molar-refractivity contribution in [2.24, 2.45) is 0 Å². The summed E-state index contributed by atoms with van der Waals surface area (Å²) in [6, 6.07) is 18.8. The van der Waals surface area contributed by atoms with Gasteiger partial charge in [0.1, 0.15) is 0 Å². The Hall–Kier alpha value is -2.04. The van der Waals surface area contributed by atoms with Crippen LogP contribution in [0.5, 0.6) is 11.5 Å². The minimum Gasteiger partial charge on any atom is -0.314 e. The van der Waals surface area contributed by atoms with Crippen molar-refractivity contribution < 1.29 is 9.78 Å². The summed E-state index contributed by atoms with van der Waals surface area (Å²) in [7, 11) is 0. The monoisotopic (exact) mass is 326 g/mol. The zero-order valence-corrected chi connectivity index (χ0v) is 14.4. The van der Waals surface area contributed by atoms with Crippen LogP contribution < -0.4 is 15.1 Å². The number of para-hydroxylation sites is 1. The predicted molar refractivity (Wildman–Crippen MR) is 96.3 cm³/mol. The first-order chi connectivity index (χ1) is 11.7. The number of nitrogens with zero attached hydrogens (tertiary/aromatic N) is 1. The molecule has 24 heavy (non-hydrogen) atoms. The predicted octanol–water partition coefficient (Wildman–Crippen LogP) is 3.28. The van der Waals surface area contributed by atoms with Gasteiger partial charge in [0, 0.05) is 31.7 Å². The summed E-state index contributed by atoms with van der Waals surface area (Å²) in [5.74, 6) is 1.41. The Bertz CT molecular complexity index is 615. The smallest absolute Gasteiger partial charge is 0.178 e. The molecule has 0 aliphatic carbocycles. The Balaban J connectivity index is 1.52. The Morgan fingerprint density at radius 3 is 2.38 bits per heavy atom. The van der Waals surface area contributed by atoms with Crippen LogP contribution in [0.15, 0.2) is 54.6 Å². The van der Waals surface area contributed by atoms with Crippen molar-refractivity contribution in [3.63, 3.8) is 0 Å². The highest BCUT2D eigenvalue weighted by molar-refractivity contribution is 5.28. The van der Waals surface area contributed by atoms with Gasteiger partial charge < -0.3 is 5.32 Å². The van der Waals surface area contributed by atoms with Crippen LogP contribution in [0.2, 0.25) is 0 Å². The number of piperazine rings is 1. The van der Waals surface area contributed by atoms with E-state index in [0.717, 1.165) is 26.1 Å². The fraction of sp³-hybridized carbons (Fsp3) is 0.400. The highest BCUT2D eigenvalue weighted by Crippen LogP contribution is 2.18. The van der Waals surface area contributed by atoms with Crippen molar-refractivity contribution >= 4 is 0 Å². The van der Waals surface area contributed by atoms with E-state index in [4.69, 9.17) is 9.78 Å². The Kier molecular flexibility index (Phi) is 5.72. The molecule has 0 amide bonds. The third-order valence-corrected chi connectivity index (χ3v) is 4.55. The molecule has 2 unspecified atom stereocenters. The summed E-state index contributed by atoms with van der Waals surface area (Å²) >= 11 is 0. The molecule has 2 aromatic rings. The second kappa shape index (κ2) is 8.18. The molecule has 2 aromatic carbocycles. The number of hydrogen-bond acceptors (Lipinski definition) is 4. The molecule has 1 fully saturated rings. The lowest BCUT2D eigenvalue weighted by molar-refractivity contribution is -0.0999. The summed E-state index contributed by atoms with van der Waals surface area (Å²) in [4.78, 5) is 13.3. The molecule has 128 valence electrons. The average Bonchev–Trinajstić information content (AvgIpc) is 2.62. The van der Waals surface area contributed by atoms with E-state index in [1.807, 2.05) is 42.5 Å². The van der Waals surface area contributed by atoms with Crippen LogP contribution in [0.25, 0.3) is 0 Å². The van der Waals surface area contributed by atoms with Gasteiger partial charge in [-0.1, -0.05) is 30.3 Å². The first kappa shape index (κ1) is 16.8. The minimum absolute atomic E-state index is 0.537. The van der Waals surface area contributed by atoms with Crippen molar-refractivity contribution in [3.05, 3.63) is 60.2 Å². The van der Waals surface area contributed by atoms with Gasteiger partial charge in [0.15, 0.2) is 11.5 Å². The molecule has 3 rings (SSSR count). The Labute approximate surface area is 144 Å². The van der Waals surface area contributed by atoms with Gasteiger partial charge in [-0.3, -0.25) is 14.7 Å². The molecular weight excluding hydrogens is 300 g/mol. The Morgan fingerprint density at radius 1 is 1.04 bits per heavy atom. The number of nitrogens with one attached hydrogen (secondary N) is 1. The molecule has 4 nitrogen and oxygen atoms in total. The maximum absolute atomic E-state index is 5.37. The minimum atomic E-state index is 0.537. The van der Waals surface area contributed by atoms with E-state index in [1.54, 1.807) is 0 Å². The molecule has 2 atom stereocenters. The van der Waals surface area contributed by atoms with E-state index in [1.165, 1.54) is 5.56 Å². The second-order valence-corrected chi connectivity index (χ2v) is 6.47. The normalized spacial score (nSPS) is 19.7. The SMILES string of the molecule is CC1CNCCN1C(C)Cc1ccc(OOc2ccccc2)cc1. The van der Waals surface area contributed by atoms with Crippen molar-refractivity contribution in [1.82, 2.24) is 10.2 Å². The lowest BCUT2D eigenvalue weighted by Crippen LogP contribution is -2.53. The van der Waals surface area contributed by atoms with Crippen LogP contribution in [-0.4, -0.2) is 36.6 Å². The van der Waals surface area contributed by atoms with Crippen LogP contribution in [-0.2, 0) is 6.42 Å². The largest absolute Gasteiger partial charge is 0.314 e. The molecule has 0 spiro atoms. The van der Waals surface area contributed by atoms with Crippen LogP contribution in [0.4, 0.5) is 0 Å². The van der Waals surface area contributed by atoms with Crippen LogP contribution in [0, 0.1) is 0 Å². The lowest BCUT2D eigenvalue weighted by atomic mass is 10.0. The van der Waals surface area contributed by atoms with Crippen molar-refractivity contribution in [2.45, 2.75) is 32.4 Å². The first-order valence-corrected chi connectivity index (χ1v) is 8.67. The van der Waals surface area contributed by atoms with E-state index >= 15 is 0 Å². The van der Waals surface area contributed by atoms with Crippen molar-refractivity contribution in [3.8, 4) is 11.5 Å². The zero-order valence-electron chi connectivity index (χ0n) is 14.4. The fourth-order valence-corrected chi connectivity index (χ4v) is 3.22. The van der Waals surface area contributed by atoms with Gasteiger partial charge in [-0.2, -0.15) is 0 Å². The Morgan fingerprint density at radius 2 is 1.71 bits per heavy atom. The summed E-state index contributed by atoms with van der Waals surface area (Å²) in [6.07, 6.45) is 1.05. The molecule has 0 saturated carbocycles. The number of rotatable bonds is 6. The van der Waals surface area contributed by atoms with Crippen molar-refractivity contribution in [2.75, 3.05) is 19.6 Å². The summed E-state index contributed by atoms with van der Waals surface area (Å²) in [6.45, 7) is 7.88. The van der Waals surface area contributed by atoms with E-state index in [9.17, 15) is 0 Å². The summed E-state index contributed by atoms with van der Waals surface area (Å²) in [5.41, 5.74) is 1.32. The van der Waals surface area contributed by atoms with E-state index in [2.05, 4.69) is 36.2 Å². The molecule has 4 heteroatoms. The lowest BCUT2D eigenvalue weighted by Gasteiger charge is -2.38. The highest BCUT2D eigenvalue weighted by Gasteiger charge is 2.22. The molecule has 1 aliphatic heterocycles. The van der Waals surface area contributed by atoms with Gasteiger partial charge in [0.25, 0.3) is 0 Å². The molecule has 1 heterocycles. The standard InChI is InChI=1S/C20H26N2O2/c1-16(22-13-12-21-15-17(22)2)14-18-8-10-20(11-9-18)24-23-19-6-4-3-5-7-19/h3-11,16-17,21H,12-15H2,1-2H3. The zero-order chi connectivity index (χ0) is 16.8. The van der Waals surface area contributed by atoms with Crippen LogP contribution in [0.3, 0.4) is 0 Å². The summed E-state index contributed by atoms with van der Waals surface area (Å²) in [5, 5.41) is 3.45. The molecule has 1 saturated heterocycles. The van der Waals surface area contributed by atoms with Crippen molar-refractivity contribution in [1.29, 1.82) is 0 Å². The summed E-state index contributed by atoms with van der Waals surface area (Å²) < 4.78 is 0. The maximum Gasteiger partial charge on any atom is 0.178 e. The quantitative estimate of drug-likeness (QED) is 0.652. The third kappa shape index (κ3) is 4.49. The van der Waals surface area contributed by atoms with E-state index < -0.39 is 0 Å². The number of hydrogen-bond donors (Lipinski definition) is 1. The molecule has 0 aromatic heterocycles. The topological polar surface area (TPSA) is 33.7 Å². The maximum atomic E-state index is 5.37. The van der Waals surface area contributed by atoms with Gasteiger partial charge in [-0.25, -0.2) is 0 Å². The second-order valence-electron chi connectivity index (χ2n) is 6.47. The van der Waals surface area contributed by atoms with Gasteiger partial charge in [-0.05, 0) is 50.1 Å². The fourth-order valence-electron chi connectivity index (χ4n) is 3.22. The molecule has 0 radical (unpaired) electrons. The van der Waals surface area contributed by atoms with Gasteiger partial charge in [0.2, 0.25) is 0 Å². The molecule has 1 N–H and O–H groups in total. The third-order valence-electron chi connectivity index (χ3n) is 4.55. The van der Waals surface area contributed by atoms with Gasteiger partial charge >= 0.3 is 0 Å². The molecule has 1 aliphatic rings. The van der Waals surface area contributed by atoms with Gasteiger partial charge in [0.05, 0.1) is 0 Å². The highest BCUT2D eigenvalue weighted by atomic mass is 17.2. The van der Waals surface area contributed by atoms with E-state index in [0.29, 0.717) is 23.6 Å². The first-order valence-electron chi connectivity index (χ1n) is 8.67.